The average molecular weight is 327 g/mol. The fourth-order valence-corrected chi connectivity index (χ4v) is 2.91. The fourth-order valence-electron chi connectivity index (χ4n) is 1.53. The Morgan fingerprint density at radius 1 is 1.39 bits per heavy atom. The van der Waals surface area contributed by atoms with Crippen LogP contribution in [-0.4, -0.2) is 12.0 Å². The summed E-state index contributed by atoms with van der Waals surface area (Å²) in [6.45, 7) is 0.630. The second-order valence-corrected chi connectivity index (χ2v) is 5.56. The standard InChI is InChI=1S/C13H12BrFN2S/c1-16-8-9-7-10(15)4-5-12(9)18-13-11(14)3-2-6-17-13/h2-7,16H,8H2,1H3. The number of halogens is 2. The molecule has 1 aromatic heterocycles. The van der Waals surface area contributed by atoms with Crippen LogP contribution in [0.25, 0.3) is 0 Å². The van der Waals surface area contributed by atoms with Crippen LogP contribution in [0.3, 0.4) is 0 Å². The molecule has 1 N–H and O–H groups in total. The van der Waals surface area contributed by atoms with Crippen molar-refractivity contribution in [2.45, 2.75) is 16.5 Å². The highest BCUT2D eigenvalue weighted by Gasteiger charge is 2.08. The predicted octanol–water partition coefficient (Wildman–Crippen LogP) is 3.85. The SMILES string of the molecule is CNCc1cc(F)ccc1Sc1ncccc1Br. The summed E-state index contributed by atoms with van der Waals surface area (Å²) < 4.78 is 14.2. The Morgan fingerprint density at radius 3 is 2.94 bits per heavy atom. The van der Waals surface area contributed by atoms with Crippen molar-refractivity contribution < 1.29 is 4.39 Å². The molecule has 0 bridgehead atoms. The Bertz CT molecular complexity index is 548. The summed E-state index contributed by atoms with van der Waals surface area (Å²) in [6, 6.07) is 8.62. The lowest BCUT2D eigenvalue weighted by molar-refractivity contribution is 0.621. The third-order valence-corrected chi connectivity index (χ3v) is 4.36. The largest absolute Gasteiger partial charge is 0.316 e. The van der Waals surface area contributed by atoms with E-state index in [1.54, 1.807) is 18.3 Å². The number of pyridine rings is 1. The van der Waals surface area contributed by atoms with Gasteiger partial charge in [0.1, 0.15) is 10.8 Å². The third-order valence-electron chi connectivity index (χ3n) is 2.32. The Hall–Kier alpha value is -0.910. The van der Waals surface area contributed by atoms with Crippen molar-refractivity contribution in [3.8, 4) is 0 Å². The lowest BCUT2D eigenvalue weighted by Gasteiger charge is -2.09. The van der Waals surface area contributed by atoms with Crippen molar-refractivity contribution in [3.63, 3.8) is 0 Å². The second-order valence-electron chi connectivity index (χ2n) is 3.67. The lowest BCUT2D eigenvalue weighted by Crippen LogP contribution is -2.06. The Balaban J connectivity index is 2.31. The third kappa shape index (κ3) is 3.31. The van der Waals surface area contributed by atoms with E-state index in [1.807, 2.05) is 19.2 Å². The van der Waals surface area contributed by atoms with E-state index in [4.69, 9.17) is 0 Å². The first kappa shape index (κ1) is 13.5. The first-order valence-corrected chi connectivity index (χ1v) is 7.03. The molecule has 94 valence electrons. The number of aromatic nitrogens is 1. The predicted molar refractivity (Wildman–Crippen MR) is 75.2 cm³/mol. The number of hydrogen-bond donors (Lipinski definition) is 1. The first-order chi connectivity index (χ1) is 8.70. The molecule has 0 aliphatic carbocycles. The van der Waals surface area contributed by atoms with E-state index < -0.39 is 0 Å². The van der Waals surface area contributed by atoms with E-state index >= 15 is 0 Å². The second kappa shape index (κ2) is 6.31. The zero-order valence-corrected chi connectivity index (χ0v) is 12.2. The van der Waals surface area contributed by atoms with Gasteiger partial charge in [-0.25, -0.2) is 9.37 Å². The topological polar surface area (TPSA) is 24.9 Å². The van der Waals surface area contributed by atoms with Crippen molar-refractivity contribution in [1.82, 2.24) is 10.3 Å². The lowest BCUT2D eigenvalue weighted by atomic mass is 10.2. The van der Waals surface area contributed by atoms with Gasteiger partial charge in [-0.2, -0.15) is 0 Å². The van der Waals surface area contributed by atoms with Crippen molar-refractivity contribution in [2.24, 2.45) is 0 Å². The highest BCUT2D eigenvalue weighted by molar-refractivity contribution is 9.10. The summed E-state index contributed by atoms with van der Waals surface area (Å²) in [7, 11) is 1.84. The number of hydrogen-bond acceptors (Lipinski definition) is 3. The zero-order chi connectivity index (χ0) is 13.0. The number of nitrogens with zero attached hydrogens (tertiary/aromatic N) is 1. The molecule has 0 spiro atoms. The van der Waals surface area contributed by atoms with E-state index in [2.05, 4.69) is 26.2 Å². The number of benzene rings is 1. The minimum absolute atomic E-state index is 0.218. The molecule has 2 nitrogen and oxygen atoms in total. The highest BCUT2D eigenvalue weighted by atomic mass is 79.9. The minimum atomic E-state index is -0.218. The quantitative estimate of drug-likeness (QED) is 0.923. The molecule has 5 heteroatoms. The highest BCUT2D eigenvalue weighted by Crippen LogP contribution is 2.33. The molecule has 0 amide bonds. The van der Waals surface area contributed by atoms with Gasteiger partial charge in [-0.05, 0) is 58.9 Å². The van der Waals surface area contributed by atoms with Crippen molar-refractivity contribution >= 4 is 27.7 Å². The maximum Gasteiger partial charge on any atom is 0.123 e. The van der Waals surface area contributed by atoms with Crippen molar-refractivity contribution in [2.75, 3.05) is 7.05 Å². The Labute approximate surface area is 118 Å². The molecular weight excluding hydrogens is 315 g/mol. The summed E-state index contributed by atoms with van der Waals surface area (Å²) >= 11 is 4.98. The van der Waals surface area contributed by atoms with Crippen LogP contribution in [0.2, 0.25) is 0 Å². The fraction of sp³-hybridized carbons (Fsp3) is 0.154. The molecule has 2 aromatic rings. The van der Waals surface area contributed by atoms with E-state index in [-0.39, 0.29) is 5.82 Å². The van der Waals surface area contributed by atoms with Crippen LogP contribution in [0.4, 0.5) is 4.39 Å². The summed E-state index contributed by atoms with van der Waals surface area (Å²) in [6.07, 6.45) is 1.74. The zero-order valence-electron chi connectivity index (χ0n) is 9.78. The summed E-state index contributed by atoms with van der Waals surface area (Å²) in [5.41, 5.74) is 0.931. The van der Waals surface area contributed by atoms with Crippen molar-refractivity contribution in [3.05, 3.63) is 52.4 Å². The maximum atomic E-state index is 13.2. The van der Waals surface area contributed by atoms with Gasteiger partial charge in [0.25, 0.3) is 0 Å². The normalized spacial score (nSPS) is 10.6. The molecule has 0 unspecified atom stereocenters. The molecule has 0 aliphatic rings. The molecule has 18 heavy (non-hydrogen) atoms. The maximum absolute atomic E-state index is 13.2. The van der Waals surface area contributed by atoms with Crippen LogP contribution in [0.1, 0.15) is 5.56 Å². The van der Waals surface area contributed by atoms with Gasteiger partial charge < -0.3 is 5.32 Å². The molecule has 0 aliphatic heterocycles. The molecule has 0 atom stereocenters. The molecule has 0 radical (unpaired) electrons. The summed E-state index contributed by atoms with van der Waals surface area (Å²) in [5, 5.41) is 3.92. The van der Waals surface area contributed by atoms with Gasteiger partial charge in [-0.1, -0.05) is 11.8 Å². The number of rotatable bonds is 4. The van der Waals surface area contributed by atoms with Crippen molar-refractivity contribution in [1.29, 1.82) is 0 Å². The van der Waals surface area contributed by atoms with Gasteiger partial charge >= 0.3 is 0 Å². The smallest absolute Gasteiger partial charge is 0.123 e. The van der Waals surface area contributed by atoms with Gasteiger partial charge in [0.05, 0.1) is 4.47 Å². The average Bonchev–Trinajstić information content (AvgIpc) is 2.35. The van der Waals surface area contributed by atoms with E-state index in [9.17, 15) is 4.39 Å². The van der Waals surface area contributed by atoms with Gasteiger partial charge in [0, 0.05) is 17.6 Å². The van der Waals surface area contributed by atoms with E-state index in [0.29, 0.717) is 6.54 Å². The number of nitrogens with one attached hydrogen (secondary N) is 1. The Morgan fingerprint density at radius 2 is 2.22 bits per heavy atom. The van der Waals surface area contributed by atoms with Gasteiger partial charge in [0.15, 0.2) is 0 Å². The van der Waals surface area contributed by atoms with Gasteiger partial charge in [0.2, 0.25) is 0 Å². The van der Waals surface area contributed by atoms with Gasteiger partial charge in [-0.15, -0.1) is 0 Å². The first-order valence-electron chi connectivity index (χ1n) is 5.42. The van der Waals surface area contributed by atoms with Crippen LogP contribution < -0.4 is 5.32 Å². The summed E-state index contributed by atoms with van der Waals surface area (Å²) in [5.74, 6) is -0.218. The molecular formula is C13H12BrFN2S. The molecule has 1 heterocycles. The van der Waals surface area contributed by atoms with Crippen LogP contribution >= 0.6 is 27.7 Å². The minimum Gasteiger partial charge on any atom is -0.316 e. The molecule has 0 saturated heterocycles. The van der Waals surface area contributed by atoms with Crippen LogP contribution in [0.5, 0.6) is 0 Å². The molecule has 1 aromatic carbocycles. The molecule has 2 rings (SSSR count). The monoisotopic (exact) mass is 326 g/mol. The van der Waals surface area contributed by atoms with E-state index in [0.717, 1.165) is 20.0 Å². The van der Waals surface area contributed by atoms with Crippen LogP contribution in [0.15, 0.2) is 50.9 Å². The van der Waals surface area contributed by atoms with Crippen LogP contribution in [-0.2, 0) is 6.54 Å². The van der Waals surface area contributed by atoms with E-state index in [1.165, 1.54) is 17.8 Å². The van der Waals surface area contributed by atoms with Crippen LogP contribution in [0, 0.1) is 5.82 Å². The Kier molecular flexibility index (Phi) is 4.74. The van der Waals surface area contributed by atoms with Gasteiger partial charge in [-0.3, -0.25) is 0 Å². The molecule has 0 fully saturated rings. The summed E-state index contributed by atoms with van der Waals surface area (Å²) in [4.78, 5) is 5.30. The molecule has 0 saturated carbocycles.